The summed E-state index contributed by atoms with van der Waals surface area (Å²) in [6.07, 6.45) is 5.31. The summed E-state index contributed by atoms with van der Waals surface area (Å²) in [4.78, 5) is 13.5. The van der Waals surface area contributed by atoms with Crippen LogP contribution < -0.4 is 5.32 Å². The highest BCUT2D eigenvalue weighted by atomic mass is 35.5. The zero-order valence-corrected chi connectivity index (χ0v) is 12.3. The second-order valence-electron chi connectivity index (χ2n) is 5.43. The van der Waals surface area contributed by atoms with Crippen LogP contribution in [0.1, 0.15) is 36.0 Å². The fourth-order valence-electron chi connectivity index (χ4n) is 2.52. The Morgan fingerprint density at radius 2 is 2.05 bits per heavy atom. The lowest BCUT2D eigenvalue weighted by molar-refractivity contribution is 0.0828. The molecule has 0 bridgehead atoms. The Balaban J connectivity index is 2.05. The van der Waals surface area contributed by atoms with E-state index in [-0.39, 0.29) is 5.91 Å². The number of rotatable bonds is 4. The van der Waals surface area contributed by atoms with Crippen molar-refractivity contribution in [3.05, 3.63) is 28.8 Å². The molecule has 1 aliphatic carbocycles. The molecule has 1 amide bonds. The summed E-state index contributed by atoms with van der Waals surface area (Å²) in [5.74, 6) is 0.707. The molecule has 0 spiro atoms. The van der Waals surface area contributed by atoms with E-state index in [4.69, 9.17) is 11.6 Å². The van der Waals surface area contributed by atoms with Crippen molar-refractivity contribution < 1.29 is 4.79 Å². The SMILES string of the molecule is CN(C)C(=O)c1cc(NCC2CCCC2)ccc1Cl. The number of carbonyl (C=O) groups excluding carboxylic acids is 1. The first-order chi connectivity index (χ1) is 9.08. The molecule has 1 saturated carbocycles. The Morgan fingerprint density at radius 1 is 1.37 bits per heavy atom. The van der Waals surface area contributed by atoms with E-state index in [9.17, 15) is 4.79 Å². The summed E-state index contributed by atoms with van der Waals surface area (Å²) in [7, 11) is 3.47. The van der Waals surface area contributed by atoms with E-state index < -0.39 is 0 Å². The molecule has 0 radical (unpaired) electrons. The third-order valence-corrected chi connectivity index (χ3v) is 4.00. The summed E-state index contributed by atoms with van der Waals surface area (Å²) in [5.41, 5.74) is 1.53. The molecule has 1 fully saturated rings. The van der Waals surface area contributed by atoms with Gasteiger partial charge in [0.2, 0.25) is 0 Å². The molecule has 0 aromatic heterocycles. The van der Waals surface area contributed by atoms with Crippen LogP contribution in [-0.2, 0) is 0 Å². The van der Waals surface area contributed by atoms with Crippen LogP contribution >= 0.6 is 11.6 Å². The van der Waals surface area contributed by atoms with Gasteiger partial charge in [-0.3, -0.25) is 4.79 Å². The molecule has 1 aromatic carbocycles. The van der Waals surface area contributed by atoms with E-state index in [2.05, 4.69) is 5.32 Å². The fraction of sp³-hybridized carbons (Fsp3) is 0.533. The van der Waals surface area contributed by atoms with Gasteiger partial charge in [-0.15, -0.1) is 0 Å². The number of carbonyl (C=O) groups is 1. The lowest BCUT2D eigenvalue weighted by Crippen LogP contribution is -2.22. The number of halogens is 1. The zero-order valence-electron chi connectivity index (χ0n) is 11.6. The van der Waals surface area contributed by atoms with Gasteiger partial charge in [-0.25, -0.2) is 0 Å². The molecule has 1 aromatic rings. The van der Waals surface area contributed by atoms with Gasteiger partial charge >= 0.3 is 0 Å². The molecule has 2 rings (SSSR count). The maximum atomic E-state index is 12.0. The summed E-state index contributed by atoms with van der Waals surface area (Å²) >= 11 is 6.09. The summed E-state index contributed by atoms with van der Waals surface area (Å²) in [5, 5.41) is 3.92. The highest BCUT2D eigenvalue weighted by Gasteiger charge is 2.16. The minimum Gasteiger partial charge on any atom is -0.385 e. The lowest BCUT2D eigenvalue weighted by atomic mass is 10.1. The van der Waals surface area contributed by atoms with Crippen molar-refractivity contribution >= 4 is 23.2 Å². The van der Waals surface area contributed by atoms with Crippen LogP contribution in [0.3, 0.4) is 0 Å². The number of amides is 1. The summed E-state index contributed by atoms with van der Waals surface area (Å²) in [6.45, 7) is 0.983. The quantitative estimate of drug-likeness (QED) is 0.913. The van der Waals surface area contributed by atoms with Gasteiger partial charge in [0.1, 0.15) is 0 Å². The van der Waals surface area contributed by atoms with Crippen molar-refractivity contribution in [2.24, 2.45) is 5.92 Å². The Hall–Kier alpha value is -1.22. The predicted octanol–water partition coefficient (Wildman–Crippen LogP) is 3.64. The van der Waals surface area contributed by atoms with Crippen molar-refractivity contribution in [1.82, 2.24) is 4.90 Å². The van der Waals surface area contributed by atoms with E-state index >= 15 is 0 Å². The number of nitrogens with one attached hydrogen (secondary N) is 1. The van der Waals surface area contributed by atoms with Gasteiger partial charge in [-0.05, 0) is 37.0 Å². The average molecular weight is 281 g/mol. The van der Waals surface area contributed by atoms with Crippen molar-refractivity contribution in [3.8, 4) is 0 Å². The fourth-order valence-corrected chi connectivity index (χ4v) is 2.72. The normalized spacial score (nSPS) is 15.5. The van der Waals surface area contributed by atoms with Crippen molar-refractivity contribution in [2.45, 2.75) is 25.7 Å². The number of hydrogen-bond donors (Lipinski definition) is 1. The standard InChI is InChI=1S/C15H21ClN2O/c1-18(2)15(19)13-9-12(7-8-14(13)16)17-10-11-5-3-4-6-11/h7-9,11,17H,3-6,10H2,1-2H3. The van der Waals surface area contributed by atoms with Gasteiger partial charge in [0.25, 0.3) is 5.91 Å². The summed E-state index contributed by atoms with van der Waals surface area (Å²) < 4.78 is 0. The molecule has 4 heteroatoms. The smallest absolute Gasteiger partial charge is 0.254 e. The first-order valence-corrected chi connectivity index (χ1v) is 7.21. The molecule has 0 aliphatic heterocycles. The van der Waals surface area contributed by atoms with Crippen LogP contribution in [0.2, 0.25) is 5.02 Å². The Bertz CT molecular complexity index is 453. The molecule has 0 unspecified atom stereocenters. The first kappa shape index (κ1) is 14.2. The van der Waals surface area contributed by atoms with Crippen LogP contribution in [0.4, 0.5) is 5.69 Å². The minimum absolute atomic E-state index is 0.0606. The Morgan fingerprint density at radius 3 is 2.68 bits per heavy atom. The molecule has 104 valence electrons. The van der Waals surface area contributed by atoms with Crippen molar-refractivity contribution in [1.29, 1.82) is 0 Å². The van der Waals surface area contributed by atoms with Crippen molar-refractivity contribution in [2.75, 3.05) is 26.0 Å². The van der Waals surface area contributed by atoms with Gasteiger partial charge < -0.3 is 10.2 Å². The topological polar surface area (TPSA) is 32.3 Å². The molecule has 3 nitrogen and oxygen atoms in total. The zero-order chi connectivity index (χ0) is 13.8. The minimum atomic E-state index is -0.0606. The largest absolute Gasteiger partial charge is 0.385 e. The van der Waals surface area contributed by atoms with E-state index in [0.29, 0.717) is 10.6 Å². The second kappa shape index (κ2) is 6.29. The van der Waals surface area contributed by atoms with E-state index in [1.165, 1.54) is 25.7 Å². The molecular formula is C15H21ClN2O. The van der Waals surface area contributed by atoms with Gasteiger partial charge in [0.15, 0.2) is 0 Å². The van der Waals surface area contributed by atoms with Crippen LogP contribution in [0, 0.1) is 5.92 Å². The van der Waals surface area contributed by atoms with Crippen LogP contribution in [0.5, 0.6) is 0 Å². The summed E-state index contributed by atoms with van der Waals surface area (Å²) in [6, 6.07) is 5.57. The highest BCUT2D eigenvalue weighted by molar-refractivity contribution is 6.34. The lowest BCUT2D eigenvalue weighted by Gasteiger charge is -2.15. The van der Waals surface area contributed by atoms with Crippen LogP contribution in [-0.4, -0.2) is 31.4 Å². The van der Waals surface area contributed by atoms with E-state index in [1.807, 2.05) is 12.1 Å². The van der Waals surface area contributed by atoms with Gasteiger partial charge in [-0.1, -0.05) is 24.4 Å². The number of nitrogens with zero attached hydrogens (tertiary/aromatic N) is 1. The second-order valence-corrected chi connectivity index (χ2v) is 5.83. The average Bonchev–Trinajstić information content (AvgIpc) is 2.90. The third-order valence-electron chi connectivity index (χ3n) is 3.67. The molecule has 0 atom stereocenters. The monoisotopic (exact) mass is 280 g/mol. The number of hydrogen-bond acceptors (Lipinski definition) is 2. The molecule has 19 heavy (non-hydrogen) atoms. The van der Waals surface area contributed by atoms with Gasteiger partial charge in [-0.2, -0.15) is 0 Å². The Labute approximate surface area is 119 Å². The predicted molar refractivity (Wildman–Crippen MR) is 79.9 cm³/mol. The van der Waals surface area contributed by atoms with Crippen LogP contribution in [0.15, 0.2) is 18.2 Å². The van der Waals surface area contributed by atoms with E-state index in [1.54, 1.807) is 25.1 Å². The van der Waals surface area contributed by atoms with E-state index in [0.717, 1.165) is 18.2 Å². The maximum absolute atomic E-state index is 12.0. The maximum Gasteiger partial charge on any atom is 0.254 e. The molecule has 1 N–H and O–H groups in total. The molecular weight excluding hydrogens is 260 g/mol. The number of anilines is 1. The van der Waals surface area contributed by atoms with Crippen molar-refractivity contribution in [3.63, 3.8) is 0 Å². The Kier molecular flexibility index (Phi) is 4.70. The van der Waals surface area contributed by atoms with Gasteiger partial charge in [0.05, 0.1) is 10.6 Å². The highest BCUT2D eigenvalue weighted by Crippen LogP contribution is 2.26. The molecule has 0 saturated heterocycles. The molecule has 0 heterocycles. The third kappa shape index (κ3) is 3.63. The first-order valence-electron chi connectivity index (χ1n) is 6.83. The van der Waals surface area contributed by atoms with Crippen LogP contribution in [0.25, 0.3) is 0 Å². The molecule has 1 aliphatic rings. The number of benzene rings is 1. The van der Waals surface area contributed by atoms with Gasteiger partial charge in [0, 0.05) is 26.3 Å².